The smallest absolute Gasteiger partial charge is 0.255 e. The van der Waals surface area contributed by atoms with E-state index in [4.69, 9.17) is 5.14 Å². The Bertz CT molecular complexity index is 806. The van der Waals surface area contributed by atoms with Crippen molar-refractivity contribution in [2.24, 2.45) is 5.14 Å². The molecule has 2 aromatic rings. The van der Waals surface area contributed by atoms with Crippen molar-refractivity contribution in [1.29, 1.82) is 0 Å². The number of aromatic nitrogens is 1. The van der Waals surface area contributed by atoms with Gasteiger partial charge in [0.15, 0.2) is 0 Å². The summed E-state index contributed by atoms with van der Waals surface area (Å²) in [5, 5.41) is 7.75. The zero-order valence-electron chi connectivity index (χ0n) is 11.0. The van der Waals surface area contributed by atoms with Gasteiger partial charge in [-0.1, -0.05) is 6.07 Å². The molecule has 0 saturated carbocycles. The van der Waals surface area contributed by atoms with E-state index in [1.54, 1.807) is 31.2 Å². The Morgan fingerprint density at radius 1 is 1.29 bits per heavy atom. The Morgan fingerprint density at radius 2 is 2.00 bits per heavy atom. The summed E-state index contributed by atoms with van der Waals surface area (Å²) in [7, 11) is -3.83. The molecule has 8 heteroatoms. The van der Waals surface area contributed by atoms with Gasteiger partial charge in [-0.15, -0.1) is 0 Å². The second-order valence-corrected chi connectivity index (χ2v) is 6.69. The van der Waals surface area contributed by atoms with Crippen LogP contribution in [-0.4, -0.2) is 19.3 Å². The molecule has 0 fully saturated rings. The molecule has 1 amide bonds. The zero-order chi connectivity index (χ0) is 15.6. The molecule has 0 spiro atoms. The maximum Gasteiger partial charge on any atom is 0.255 e. The molecular formula is C13H12BrN3O3S. The molecule has 3 N–H and O–H groups in total. The van der Waals surface area contributed by atoms with E-state index >= 15 is 0 Å². The fraction of sp³-hybridized carbons (Fsp3) is 0.0769. The molecule has 0 atom stereocenters. The third-order valence-corrected chi connectivity index (χ3v) is 4.23. The summed E-state index contributed by atoms with van der Waals surface area (Å²) in [5.41, 5.74) is 1.26. The summed E-state index contributed by atoms with van der Waals surface area (Å²) in [5.74, 6) is -0.373. The number of carbonyl (C=O) groups excluding carboxylic acids is 1. The van der Waals surface area contributed by atoms with Gasteiger partial charge in [0.25, 0.3) is 5.91 Å². The number of pyridine rings is 1. The van der Waals surface area contributed by atoms with Gasteiger partial charge in [0.05, 0.1) is 4.90 Å². The van der Waals surface area contributed by atoms with Crippen molar-refractivity contribution in [3.8, 4) is 0 Å². The van der Waals surface area contributed by atoms with Crippen molar-refractivity contribution >= 4 is 37.5 Å². The van der Waals surface area contributed by atoms with Crippen molar-refractivity contribution in [2.75, 3.05) is 5.32 Å². The van der Waals surface area contributed by atoms with Gasteiger partial charge >= 0.3 is 0 Å². The number of sulfonamides is 1. The predicted molar refractivity (Wildman–Crippen MR) is 82.4 cm³/mol. The standard InChI is InChI=1S/C13H12BrN3O3S/c1-8-2-3-10(7-11(8)21(15,19)20)17-13(18)9-4-5-16-12(14)6-9/h2-7H,1H3,(H,17,18)(H2,15,19,20). The number of hydrogen-bond acceptors (Lipinski definition) is 4. The fourth-order valence-corrected chi connectivity index (χ4v) is 2.90. The topological polar surface area (TPSA) is 102 Å². The normalized spacial score (nSPS) is 11.2. The maximum absolute atomic E-state index is 12.1. The number of benzene rings is 1. The van der Waals surface area contributed by atoms with Crippen LogP contribution in [0.4, 0.5) is 5.69 Å². The van der Waals surface area contributed by atoms with Gasteiger partial charge in [0, 0.05) is 17.4 Å². The predicted octanol–water partition coefficient (Wildman–Crippen LogP) is 2.05. The number of primary sulfonamides is 1. The number of anilines is 1. The average molecular weight is 370 g/mol. The van der Waals surface area contributed by atoms with Crippen LogP contribution < -0.4 is 10.5 Å². The van der Waals surface area contributed by atoms with Crippen molar-refractivity contribution in [2.45, 2.75) is 11.8 Å². The molecule has 1 aromatic carbocycles. The second kappa shape index (κ2) is 5.92. The summed E-state index contributed by atoms with van der Waals surface area (Å²) < 4.78 is 23.4. The highest BCUT2D eigenvalue weighted by Crippen LogP contribution is 2.20. The number of carbonyl (C=O) groups is 1. The van der Waals surface area contributed by atoms with Gasteiger partial charge in [0.2, 0.25) is 10.0 Å². The number of aryl methyl sites for hydroxylation is 1. The monoisotopic (exact) mass is 369 g/mol. The van der Waals surface area contributed by atoms with Crippen LogP contribution in [0.25, 0.3) is 0 Å². The lowest BCUT2D eigenvalue weighted by Crippen LogP contribution is -2.16. The van der Waals surface area contributed by atoms with Crippen LogP contribution in [0.15, 0.2) is 46.0 Å². The molecule has 0 bridgehead atoms. The van der Waals surface area contributed by atoms with Crippen LogP contribution in [0.3, 0.4) is 0 Å². The summed E-state index contributed by atoms with van der Waals surface area (Å²) in [4.78, 5) is 16.0. The third-order valence-electron chi connectivity index (χ3n) is 2.74. The molecule has 1 heterocycles. The van der Waals surface area contributed by atoms with E-state index in [1.807, 2.05) is 0 Å². The van der Waals surface area contributed by atoms with Crippen molar-refractivity contribution in [3.05, 3.63) is 52.3 Å². The zero-order valence-corrected chi connectivity index (χ0v) is 13.4. The first-order valence-electron chi connectivity index (χ1n) is 5.84. The van der Waals surface area contributed by atoms with E-state index in [2.05, 4.69) is 26.2 Å². The van der Waals surface area contributed by atoms with Gasteiger partial charge in [0.1, 0.15) is 4.60 Å². The number of halogens is 1. The Kier molecular flexibility index (Phi) is 4.40. The van der Waals surface area contributed by atoms with E-state index in [1.165, 1.54) is 12.3 Å². The number of nitrogens with zero attached hydrogens (tertiary/aromatic N) is 1. The molecular weight excluding hydrogens is 358 g/mol. The summed E-state index contributed by atoms with van der Waals surface area (Å²) >= 11 is 3.18. The number of hydrogen-bond donors (Lipinski definition) is 2. The Morgan fingerprint density at radius 3 is 2.62 bits per heavy atom. The molecule has 0 aliphatic carbocycles. The van der Waals surface area contributed by atoms with Gasteiger partial charge in [-0.05, 0) is 52.7 Å². The number of amides is 1. The first-order valence-corrected chi connectivity index (χ1v) is 8.17. The quantitative estimate of drug-likeness (QED) is 0.808. The summed E-state index contributed by atoms with van der Waals surface area (Å²) in [6.45, 7) is 1.63. The van der Waals surface area contributed by atoms with Crippen LogP contribution in [0.2, 0.25) is 0 Å². The second-order valence-electron chi connectivity index (χ2n) is 4.35. The Hall–Kier alpha value is -1.77. The number of nitrogens with one attached hydrogen (secondary N) is 1. The van der Waals surface area contributed by atoms with Gasteiger partial charge < -0.3 is 5.32 Å². The van der Waals surface area contributed by atoms with Crippen LogP contribution in [0, 0.1) is 6.92 Å². The molecule has 6 nitrogen and oxygen atoms in total. The highest BCUT2D eigenvalue weighted by atomic mass is 79.9. The molecule has 0 radical (unpaired) electrons. The largest absolute Gasteiger partial charge is 0.322 e. The first-order chi connectivity index (χ1) is 9.77. The van der Waals surface area contributed by atoms with Crippen LogP contribution >= 0.6 is 15.9 Å². The van der Waals surface area contributed by atoms with Crippen LogP contribution in [0.1, 0.15) is 15.9 Å². The van der Waals surface area contributed by atoms with Gasteiger partial charge in [-0.2, -0.15) is 0 Å². The highest BCUT2D eigenvalue weighted by molar-refractivity contribution is 9.10. The lowest BCUT2D eigenvalue weighted by Gasteiger charge is -2.09. The Balaban J connectivity index is 2.30. The summed E-state index contributed by atoms with van der Waals surface area (Å²) in [6.07, 6.45) is 1.49. The minimum Gasteiger partial charge on any atom is -0.322 e. The summed E-state index contributed by atoms with van der Waals surface area (Å²) in [6, 6.07) is 7.63. The van der Waals surface area contributed by atoms with Crippen molar-refractivity contribution in [1.82, 2.24) is 4.98 Å². The number of rotatable bonds is 3. The fourth-order valence-electron chi connectivity index (χ4n) is 1.73. The van der Waals surface area contributed by atoms with E-state index in [9.17, 15) is 13.2 Å². The highest BCUT2D eigenvalue weighted by Gasteiger charge is 2.14. The van der Waals surface area contributed by atoms with E-state index in [0.717, 1.165) is 0 Å². The first kappa shape index (κ1) is 15.6. The van der Waals surface area contributed by atoms with Gasteiger partial charge in [-0.3, -0.25) is 4.79 Å². The lowest BCUT2D eigenvalue weighted by atomic mass is 10.2. The van der Waals surface area contributed by atoms with Crippen LogP contribution in [-0.2, 0) is 10.0 Å². The Labute approximate surface area is 130 Å². The van der Waals surface area contributed by atoms with E-state index < -0.39 is 10.0 Å². The molecule has 110 valence electrons. The van der Waals surface area contributed by atoms with Crippen molar-refractivity contribution < 1.29 is 13.2 Å². The molecule has 21 heavy (non-hydrogen) atoms. The van der Waals surface area contributed by atoms with E-state index in [-0.39, 0.29) is 10.8 Å². The maximum atomic E-state index is 12.1. The van der Waals surface area contributed by atoms with Crippen LogP contribution in [0.5, 0.6) is 0 Å². The molecule has 2 rings (SSSR count). The van der Waals surface area contributed by atoms with Gasteiger partial charge in [-0.25, -0.2) is 18.5 Å². The molecule has 0 aliphatic heterocycles. The molecule has 0 unspecified atom stereocenters. The molecule has 0 aliphatic rings. The SMILES string of the molecule is Cc1ccc(NC(=O)c2ccnc(Br)c2)cc1S(N)(=O)=O. The number of nitrogens with two attached hydrogens (primary N) is 1. The third kappa shape index (κ3) is 3.87. The lowest BCUT2D eigenvalue weighted by molar-refractivity contribution is 0.102. The molecule has 0 saturated heterocycles. The van der Waals surface area contributed by atoms with Crippen molar-refractivity contribution in [3.63, 3.8) is 0 Å². The van der Waals surface area contributed by atoms with E-state index in [0.29, 0.717) is 21.4 Å². The average Bonchev–Trinajstić information content (AvgIpc) is 2.39. The minimum absolute atomic E-state index is 0.0174. The molecule has 1 aromatic heterocycles. The minimum atomic E-state index is -3.83.